The van der Waals surface area contributed by atoms with Gasteiger partial charge in [0.15, 0.2) is 6.29 Å². The molecule has 0 amide bonds. The molecule has 1 heterocycles. The van der Waals surface area contributed by atoms with Gasteiger partial charge in [-0.25, -0.2) is 0 Å². The van der Waals surface area contributed by atoms with Crippen LogP contribution in [0, 0.1) is 46.8 Å². The largest absolute Gasteiger partial charge is 0.390 e. The predicted octanol–water partition coefficient (Wildman–Crippen LogP) is 9.04. The minimum atomic E-state index is -0.699. The molecule has 5 unspecified atom stereocenters. The number of rotatable bonds is 3. The van der Waals surface area contributed by atoms with Crippen molar-refractivity contribution in [1.29, 1.82) is 0 Å². The average molecular weight is 507 g/mol. The SMILES string of the molecule is C=C1C[C@H](CC)[C@H](C)C(C)C(C)CC[C@H](C)C[C@@](C)(O)C[C@@H](C)[C@H](OC2CC(C)(C)CC(C)O2)C1C. The molecule has 1 N–H and O–H groups in total. The van der Waals surface area contributed by atoms with Crippen LogP contribution in [0.5, 0.6) is 0 Å². The summed E-state index contributed by atoms with van der Waals surface area (Å²) in [7, 11) is 0. The highest BCUT2D eigenvalue weighted by Crippen LogP contribution is 2.42. The maximum absolute atomic E-state index is 11.5. The van der Waals surface area contributed by atoms with E-state index in [1.54, 1.807) is 0 Å². The Balaban J connectivity index is 2.36. The minimum absolute atomic E-state index is 0.0142. The molecular weight excluding hydrogens is 444 g/mol. The monoisotopic (exact) mass is 506 g/mol. The topological polar surface area (TPSA) is 38.7 Å². The van der Waals surface area contributed by atoms with Crippen LogP contribution in [0.1, 0.15) is 128 Å². The summed E-state index contributed by atoms with van der Waals surface area (Å²) in [6, 6.07) is 0. The second kappa shape index (κ2) is 13.1. The molecular formula is C33H62O3. The first kappa shape index (κ1) is 31.8. The van der Waals surface area contributed by atoms with Gasteiger partial charge in [0.1, 0.15) is 0 Å². The van der Waals surface area contributed by atoms with E-state index < -0.39 is 5.60 Å². The first-order chi connectivity index (χ1) is 16.5. The molecule has 1 aliphatic heterocycles. The lowest BCUT2D eigenvalue weighted by molar-refractivity contribution is -0.247. The molecule has 0 aromatic carbocycles. The van der Waals surface area contributed by atoms with Crippen LogP contribution < -0.4 is 0 Å². The lowest BCUT2D eigenvalue weighted by Crippen LogP contribution is -2.44. The fraction of sp³-hybridized carbons (Fsp3) is 0.939. The van der Waals surface area contributed by atoms with Gasteiger partial charge in [-0.15, -0.1) is 0 Å². The molecule has 0 spiro atoms. The number of hydrogen-bond donors (Lipinski definition) is 1. The summed E-state index contributed by atoms with van der Waals surface area (Å²) >= 11 is 0. The standard InChI is InChI=1S/C33H62O3/c1-13-29-16-23(4)27(8)31(36-30-20-32(10,11)19-25(6)35-30)24(5)18-33(12,34)17-21(2)14-15-22(3)26(7)28(29)9/h21-22,24-31,34H,4,13-20H2,1-3,5-12H3/t21-,22?,24+,25?,26?,27?,28+,29-,30?,31-,33+/m0/s1. The van der Waals surface area contributed by atoms with Gasteiger partial charge in [-0.3, -0.25) is 0 Å². The highest BCUT2D eigenvalue weighted by atomic mass is 16.7. The van der Waals surface area contributed by atoms with Gasteiger partial charge in [0.2, 0.25) is 0 Å². The molecule has 0 aromatic heterocycles. The summed E-state index contributed by atoms with van der Waals surface area (Å²) in [4.78, 5) is 0. The van der Waals surface area contributed by atoms with Crippen LogP contribution in [-0.2, 0) is 9.47 Å². The molecule has 2 rings (SSSR count). The number of hydrogen-bond acceptors (Lipinski definition) is 3. The van der Waals surface area contributed by atoms with Crippen LogP contribution in [0.3, 0.4) is 0 Å². The Kier molecular flexibility index (Phi) is 11.6. The van der Waals surface area contributed by atoms with Crippen molar-refractivity contribution in [2.24, 2.45) is 46.8 Å². The Morgan fingerprint density at radius 3 is 2.11 bits per heavy atom. The number of aliphatic hydroxyl groups is 1. The van der Waals surface area contributed by atoms with E-state index in [0.29, 0.717) is 29.6 Å². The van der Waals surface area contributed by atoms with E-state index in [0.717, 1.165) is 32.1 Å². The van der Waals surface area contributed by atoms with Crippen molar-refractivity contribution in [2.45, 2.75) is 152 Å². The zero-order valence-electron chi connectivity index (χ0n) is 25.9. The fourth-order valence-electron chi connectivity index (χ4n) is 7.63. The summed E-state index contributed by atoms with van der Waals surface area (Å²) in [6.45, 7) is 30.1. The van der Waals surface area contributed by atoms with Crippen LogP contribution in [0.2, 0.25) is 0 Å². The summed E-state index contributed by atoms with van der Waals surface area (Å²) in [6.07, 6.45) is 8.23. The van der Waals surface area contributed by atoms with Crippen LogP contribution >= 0.6 is 0 Å². The van der Waals surface area contributed by atoms with Gasteiger partial charge in [-0.05, 0) is 80.5 Å². The minimum Gasteiger partial charge on any atom is -0.390 e. The van der Waals surface area contributed by atoms with Gasteiger partial charge < -0.3 is 14.6 Å². The molecule has 0 aromatic rings. The number of ether oxygens (including phenoxy) is 2. The zero-order chi connectivity index (χ0) is 27.4. The van der Waals surface area contributed by atoms with E-state index in [1.807, 2.05) is 6.92 Å². The smallest absolute Gasteiger partial charge is 0.158 e. The maximum Gasteiger partial charge on any atom is 0.158 e. The Labute approximate surface area is 225 Å². The highest BCUT2D eigenvalue weighted by molar-refractivity contribution is 5.05. The third-order valence-electron chi connectivity index (χ3n) is 10.1. The Hall–Kier alpha value is -0.380. The predicted molar refractivity (Wildman–Crippen MR) is 154 cm³/mol. The van der Waals surface area contributed by atoms with Crippen molar-refractivity contribution in [1.82, 2.24) is 0 Å². The van der Waals surface area contributed by atoms with E-state index in [4.69, 9.17) is 9.47 Å². The zero-order valence-corrected chi connectivity index (χ0v) is 25.9. The lowest BCUT2D eigenvalue weighted by Gasteiger charge is -2.43. The summed E-state index contributed by atoms with van der Waals surface area (Å²) in [5, 5.41) is 11.5. The maximum atomic E-state index is 11.5. The van der Waals surface area contributed by atoms with Gasteiger partial charge in [0, 0.05) is 12.3 Å². The van der Waals surface area contributed by atoms with Gasteiger partial charge in [0.05, 0.1) is 17.8 Å². The molecule has 1 saturated heterocycles. The second-order valence-corrected chi connectivity index (χ2v) is 14.6. The van der Waals surface area contributed by atoms with Gasteiger partial charge in [-0.1, -0.05) is 93.7 Å². The molecule has 1 aliphatic carbocycles. The molecule has 2 fully saturated rings. The molecule has 36 heavy (non-hydrogen) atoms. The molecule has 0 radical (unpaired) electrons. The summed E-state index contributed by atoms with van der Waals surface area (Å²) < 4.78 is 13.2. The molecule has 3 nitrogen and oxygen atoms in total. The first-order valence-corrected chi connectivity index (χ1v) is 15.3. The molecule has 2 aliphatic rings. The van der Waals surface area contributed by atoms with Gasteiger partial charge in [-0.2, -0.15) is 0 Å². The van der Waals surface area contributed by atoms with Crippen molar-refractivity contribution >= 4 is 0 Å². The molecule has 3 heteroatoms. The molecule has 11 atom stereocenters. The highest BCUT2D eigenvalue weighted by Gasteiger charge is 2.39. The van der Waals surface area contributed by atoms with Crippen molar-refractivity contribution < 1.29 is 14.6 Å². The summed E-state index contributed by atoms with van der Waals surface area (Å²) in [5.74, 6) is 3.63. The fourth-order valence-corrected chi connectivity index (χ4v) is 7.63. The molecule has 212 valence electrons. The second-order valence-electron chi connectivity index (χ2n) is 14.6. The van der Waals surface area contributed by atoms with Crippen molar-refractivity contribution in [3.8, 4) is 0 Å². The van der Waals surface area contributed by atoms with E-state index in [9.17, 15) is 5.11 Å². The van der Waals surface area contributed by atoms with Gasteiger partial charge >= 0.3 is 0 Å². The van der Waals surface area contributed by atoms with Gasteiger partial charge in [0.25, 0.3) is 0 Å². The van der Waals surface area contributed by atoms with Crippen LogP contribution in [-0.4, -0.2) is 29.2 Å². The quantitative estimate of drug-likeness (QED) is 0.388. The van der Waals surface area contributed by atoms with Crippen molar-refractivity contribution in [3.63, 3.8) is 0 Å². The third kappa shape index (κ3) is 9.12. The van der Waals surface area contributed by atoms with Crippen LogP contribution in [0.15, 0.2) is 12.2 Å². The average Bonchev–Trinajstić information content (AvgIpc) is 2.75. The summed E-state index contributed by atoms with van der Waals surface area (Å²) in [5.41, 5.74) is 0.814. The lowest BCUT2D eigenvalue weighted by atomic mass is 9.72. The third-order valence-corrected chi connectivity index (χ3v) is 10.1. The first-order valence-electron chi connectivity index (χ1n) is 15.3. The van der Waals surface area contributed by atoms with E-state index >= 15 is 0 Å². The van der Waals surface area contributed by atoms with Crippen molar-refractivity contribution in [2.75, 3.05) is 0 Å². The van der Waals surface area contributed by atoms with E-state index in [2.05, 4.69) is 75.8 Å². The molecule has 0 bridgehead atoms. The van der Waals surface area contributed by atoms with Crippen LogP contribution in [0.4, 0.5) is 0 Å². The van der Waals surface area contributed by atoms with E-state index in [-0.39, 0.29) is 35.7 Å². The van der Waals surface area contributed by atoms with E-state index in [1.165, 1.54) is 24.8 Å². The Morgan fingerprint density at radius 1 is 0.889 bits per heavy atom. The molecule has 1 saturated carbocycles. The van der Waals surface area contributed by atoms with Crippen LogP contribution in [0.25, 0.3) is 0 Å². The normalized spacial score (nSPS) is 46.1. The Morgan fingerprint density at radius 2 is 1.53 bits per heavy atom. The Bertz CT molecular complexity index is 682. The van der Waals surface area contributed by atoms with Crippen molar-refractivity contribution in [3.05, 3.63) is 12.2 Å².